The minimum atomic E-state index is 0.476. The first kappa shape index (κ1) is 8.23. The van der Waals surface area contributed by atoms with Gasteiger partial charge in [0, 0.05) is 18.1 Å². The molecule has 0 aliphatic carbocycles. The number of fused-ring (bicyclic) bond motifs is 1. The highest BCUT2D eigenvalue weighted by Gasteiger charge is 2.23. The van der Waals surface area contributed by atoms with Crippen molar-refractivity contribution in [1.82, 2.24) is 9.97 Å². The molecule has 0 saturated heterocycles. The van der Waals surface area contributed by atoms with E-state index in [9.17, 15) is 0 Å². The number of anilines is 2. The third-order valence-electron chi connectivity index (χ3n) is 2.30. The van der Waals surface area contributed by atoms with Crippen molar-refractivity contribution in [3.8, 4) is 5.88 Å². The summed E-state index contributed by atoms with van der Waals surface area (Å²) < 4.78 is 5.42. The minimum absolute atomic E-state index is 0.476. The lowest BCUT2D eigenvalue weighted by molar-refractivity contribution is 0.345. The number of benzene rings is 1. The quantitative estimate of drug-likeness (QED) is 0.703. The summed E-state index contributed by atoms with van der Waals surface area (Å²) in [5, 5.41) is 0. The van der Waals surface area contributed by atoms with E-state index < -0.39 is 0 Å². The van der Waals surface area contributed by atoms with Crippen molar-refractivity contribution < 1.29 is 4.74 Å². The number of ether oxygens (including phenoxy) is 1. The Morgan fingerprint density at radius 3 is 2.73 bits per heavy atom. The highest BCUT2D eigenvalue weighted by atomic mass is 16.5. The van der Waals surface area contributed by atoms with Gasteiger partial charge in [0.1, 0.15) is 0 Å². The Morgan fingerprint density at radius 2 is 1.87 bits per heavy atom. The van der Waals surface area contributed by atoms with Gasteiger partial charge >= 0.3 is 0 Å². The van der Waals surface area contributed by atoms with E-state index in [1.807, 2.05) is 35.2 Å². The Hall–Kier alpha value is -2.10. The minimum Gasteiger partial charge on any atom is -0.453 e. The first-order valence-electron chi connectivity index (χ1n) is 4.71. The van der Waals surface area contributed by atoms with Crippen LogP contribution >= 0.6 is 0 Å². The van der Waals surface area contributed by atoms with Crippen LogP contribution in [-0.2, 0) is 0 Å². The molecule has 0 bridgehead atoms. The molecule has 15 heavy (non-hydrogen) atoms. The summed E-state index contributed by atoms with van der Waals surface area (Å²) in [5.74, 6) is 1.38. The fourth-order valence-electron chi connectivity index (χ4n) is 1.60. The van der Waals surface area contributed by atoms with Gasteiger partial charge in [0.15, 0.2) is 12.5 Å². The molecule has 0 saturated carbocycles. The van der Waals surface area contributed by atoms with Crippen molar-refractivity contribution in [2.45, 2.75) is 0 Å². The van der Waals surface area contributed by atoms with Crippen LogP contribution in [0.2, 0.25) is 0 Å². The van der Waals surface area contributed by atoms with E-state index in [0.717, 1.165) is 11.5 Å². The molecular weight excluding hydrogens is 190 g/mol. The summed E-state index contributed by atoms with van der Waals surface area (Å²) in [6.45, 7) is 0.476. The van der Waals surface area contributed by atoms with Gasteiger partial charge in [0.05, 0.1) is 0 Å². The first-order chi connectivity index (χ1) is 7.45. The average molecular weight is 199 g/mol. The van der Waals surface area contributed by atoms with Crippen molar-refractivity contribution in [3.05, 3.63) is 42.7 Å². The van der Waals surface area contributed by atoms with Crippen molar-refractivity contribution in [1.29, 1.82) is 0 Å². The summed E-state index contributed by atoms with van der Waals surface area (Å²) in [7, 11) is 0. The zero-order valence-corrected chi connectivity index (χ0v) is 8.00. The second kappa shape index (κ2) is 3.24. The standard InChI is InChI=1S/C11H9N3O/c1-2-4-9(5-3-1)14-8-15-11-10(14)12-6-7-13-11/h1-7H,8H2. The molecule has 1 aliphatic heterocycles. The Bertz CT molecular complexity index is 472. The molecule has 0 spiro atoms. The van der Waals surface area contributed by atoms with E-state index in [4.69, 9.17) is 4.74 Å². The lowest BCUT2D eigenvalue weighted by Gasteiger charge is -2.14. The third-order valence-corrected chi connectivity index (χ3v) is 2.30. The van der Waals surface area contributed by atoms with Crippen LogP contribution < -0.4 is 9.64 Å². The molecule has 0 amide bonds. The molecule has 3 rings (SSSR count). The number of hydrogen-bond donors (Lipinski definition) is 0. The monoisotopic (exact) mass is 199 g/mol. The SMILES string of the molecule is c1ccc(N2COc3nccnc32)cc1. The maximum Gasteiger partial charge on any atom is 0.259 e. The normalized spacial score (nSPS) is 13.5. The van der Waals surface area contributed by atoms with E-state index >= 15 is 0 Å². The van der Waals surface area contributed by atoms with Crippen molar-refractivity contribution in [2.24, 2.45) is 0 Å². The molecule has 0 fully saturated rings. The van der Waals surface area contributed by atoms with Crippen molar-refractivity contribution >= 4 is 11.5 Å². The van der Waals surface area contributed by atoms with Gasteiger partial charge in [-0.3, -0.25) is 4.90 Å². The number of aromatic nitrogens is 2. The van der Waals surface area contributed by atoms with Crippen LogP contribution in [0.5, 0.6) is 5.88 Å². The van der Waals surface area contributed by atoms with E-state index in [1.165, 1.54) is 0 Å². The van der Waals surface area contributed by atoms with Crippen LogP contribution in [0.15, 0.2) is 42.7 Å². The molecule has 1 aromatic heterocycles. The first-order valence-corrected chi connectivity index (χ1v) is 4.71. The predicted octanol–water partition coefficient (Wildman–Crippen LogP) is 1.96. The lowest BCUT2D eigenvalue weighted by atomic mass is 10.3. The largest absolute Gasteiger partial charge is 0.453 e. The number of para-hydroxylation sites is 1. The van der Waals surface area contributed by atoms with Crippen LogP contribution in [0.4, 0.5) is 11.5 Å². The Balaban J connectivity index is 2.05. The molecule has 4 nitrogen and oxygen atoms in total. The number of nitrogens with zero attached hydrogens (tertiary/aromatic N) is 3. The maximum atomic E-state index is 5.42. The van der Waals surface area contributed by atoms with E-state index in [-0.39, 0.29) is 0 Å². The molecule has 1 aromatic carbocycles. The Labute approximate surface area is 87.2 Å². The van der Waals surface area contributed by atoms with Crippen LogP contribution in [0.1, 0.15) is 0 Å². The van der Waals surface area contributed by atoms with Gasteiger partial charge in [-0.25, -0.2) is 9.97 Å². The second-order valence-electron chi connectivity index (χ2n) is 3.22. The lowest BCUT2D eigenvalue weighted by Crippen LogP contribution is -2.15. The van der Waals surface area contributed by atoms with Gasteiger partial charge in [0.25, 0.3) is 5.88 Å². The highest BCUT2D eigenvalue weighted by molar-refractivity contribution is 5.65. The summed E-state index contributed by atoms with van der Waals surface area (Å²) in [6, 6.07) is 10.0. The molecule has 2 aromatic rings. The summed E-state index contributed by atoms with van der Waals surface area (Å²) in [5.41, 5.74) is 1.07. The molecule has 0 radical (unpaired) electrons. The third kappa shape index (κ3) is 1.30. The number of hydrogen-bond acceptors (Lipinski definition) is 4. The average Bonchev–Trinajstić information content (AvgIpc) is 2.74. The fraction of sp³-hybridized carbons (Fsp3) is 0.0909. The molecule has 2 heterocycles. The van der Waals surface area contributed by atoms with Gasteiger partial charge < -0.3 is 4.74 Å². The van der Waals surface area contributed by atoms with E-state index in [0.29, 0.717) is 12.6 Å². The molecule has 0 atom stereocenters. The van der Waals surface area contributed by atoms with Crippen LogP contribution in [0, 0.1) is 0 Å². The molecule has 4 heteroatoms. The molecular formula is C11H9N3O. The fourth-order valence-corrected chi connectivity index (χ4v) is 1.60. The van der Waals surface area contributed by atoms with E-state index in [2.05, 4.69) is 9.97 Å². The maximum absolute atomic E-state index is 5.42. The predicted molar refractivity (Wildman–Crippen MR) is 56.1 cm³/mol. The van der Waals surface area contributed by atoms with Crippen LogP contribution in [-0.4, -0.2) is 16.7 Å². The van der Waals surface area contributed by atoms with Gasteiger partial charge in [-0.05, 0) is 12.1 Å². The Kier molecular flexibility index (Phi) is 1.78. The van der Waals surface area contributed by atoms with Gasteiger partial charge in [-0.2, -0.15) is 0 Å². The second-order valence-corrected chi connectivity index (χ2v) is 3.22. The summed E-state index contributed by atoms with van der Waals surface area (Å²) in [4.78, 5) is 10.4. The van der Waals surface area contributed by atoms with Crippen molar-refractivity contribution in [3.63, 3.8) is 0 Å². The Morgan fingerprint density at radius 1 is 1.07 bits per heavy atom. The van der Waals surface area contributed by atoms with Crippen LogP contribution in [0.3, 0.4) is 0 Å². The molecule has 74 valence electrons. The molecule has 0 unspecified atom stereocenters. The summed E-state index contributed by atoms with van der Waals surface area (Å²) in [6.07, 6.45) is 3.30. The highest BCUT2D eigenvalue weighted by Crippen LogP contribution is 2.34. The van der Waals surface area contributed by atoms with Gasteiger partial charge in [-0.1, -0.05) is 18.2 Å². The van der Waals surface area contributed by atoms with Crippen LogP contribution in [0.25, 0.3) is 0 Å². The summed E-state index contributed by atoms with van der Waals surface area (Å²) >= 11 is 0. The smallest absolute Gasteiger partial charge is 0.259 e. The van der Waals surface area contributed by atoms with Gasteiger partial charge in [-0.15, -0.1) is 0 Å². The molecule has 1 aliphatic rings. The number of rotatable bonds is 1. The molecule has 0 N–H and O–H groups in total. The zero-order chi connectivity index (χ0) is 10.1. The van der Waals surface area contributed by atoms with E-state index in [1.54, 1.807) is 12.4 Å². The van der Waals surface area contributed by atoms with Crippen molar-refractivity contribution in [2.75, 3.05) is 11.6 Å². The topological polar surface area (TPSA) is 38.2 Å². The van der Waals surface area contributed by atoms with Gasteiger partial charge in [0.2, 0.25) is 0 Å². The zero-order valence-electron chi connectivity index (χ0n) is 8.00.